The minimum absolute atomic E-state index is 0.0267. The smallest absolute Gasteiger partial charge is 0.262 e. The third kappa shape index (κ3) is 3.76. The van der Waals surface area contributed by atoms with Gasteiger partial charge in [0.15, 0.2) is 5.88 Å². The lowest BCUT2D eigenvalue weighted by Crippen LogP contribution is -2.23. The number of nitriles is 1. The van der Waals surface area contributed by atoms with Crippen LogP contribution in [0.2, 0.25) is 0 Å². The van der Waals surface area contributed by atoms with Gasteiger partial charge in [-0.25, -0.2) is 0 Å². The fourth-order valence-electron chi connectivity index (χ4n) is 1.63. The summed E-state index contributed by atoms with van der Waals surface area (Å²) in [6.07, 6.45) is 2.93. The lowest BCUT2D eigenvalue weighted by Gasteiger charge is -2.06. The van der Waals surface area contributed by atoms with Gasteiger partial charge >= 0.3 is 0 Å². The molecule has 108 valence electrons. The van der Waals surface area contributed by atoms with E-state index in [1.54, 1.807) is 29.2 Å². The van der Waals surface area contributed by atoms with Gasteiger partial charge in [-0.1, -0.05) is 0 Å². The maximum absolute atomic E-state index is 11.9. The highest BCUT2D eigenvalue weighted by Crippen LogP contribution is 2.18. The molecular formula is C15H15N3O3. The summed E-state index contributed by atoms with van der Waals surface area (Å²) in [6, 6.07) is 8.80. The third-order valence-corrected chi connectivity index (χ3v) is 2.71. The minimum Gasteiger partial charge on any atom is -0.467 e. The van der Waals surface area contributed by atoms with E-state index in [2.05, 4.69) is 5.32 Å². The number of carbonyl (C=O) groups is 1. The molecule has 0 saturated carbocycles. The number of amides is 1. The van der Waals surface area contributed by atoms with Gasteiger partial charge in [0.2, 0.25) is 0 Å². The summed E-state index contributed by atoms with van der Waals surface area (Å²) < 4.78 is 10.6. The largest absolute Gasteiger partial charge is 0.467 e. The number of nitrogens with one attached hydrogen (secondary N) is 1. The summed E-state index contributed by atoms with van der Waals surface area (Å²) in [7, 11) is 3.68. The molecule has 0 radical (unpaired) electrons. The first kappa shape index (κ1) is 14.5. The average Bonchev–Trinajstić information content (AvgIpc) is 3.13. The molecule has 0 saturated heterocycles. The molecule has 21 heavy (non-hydrogen) atoms. The Morgan fingerprint density at radius 3 is 2.81 bits per heavy atom. The standard InChI is InChI=1S/C15H15N3O3/c1-18(2)14-6-5-12(21-14)8-11(9-16)15(19)17-10-13-4-3-7-20-13/h3-8H,10H2,1-2H3,(H,17,19). The molecule has 0 aromatic carbocycles. The molecule has 1 amide bonds. The van der Waals surface area contributed by atoms with Crippen molar-refractivity contribution in [2.75, 3.05) is 19.0 Å². The number of carbonyl (C=O) groups excluding carboxylic acids is 1. The number of rotatable bonds is 5. The molecule has 0 aliphatic carbocycles. The van der Waals surface area contributed by atoms with Crippen molar-refractivity contribution < 1.29 is 13.6 Å². The Morgan fingerprint density at radius 2 is 2.24 bits per heavy atom. The van der Waals surface area contributed by atoms with Crippen molar-refractivity contribution in [1.29, 1.82) is 5.26 Å². The Bertz CT molecular complexity index is 675. The fraction of sp³-hybridized carbons (Fsp3) is 0.200. The Morgan fingerprint density at radius 1 is 1.43 bits per heavy atom. The van der Waals surface area contributed by atoms with E-state index >= 15 is 0 Å². The van der Waals surface area contributed by atoms with Crippen molar-refractivity contribution in [3.05, 3.63) is 47.6 Å². The van der Waals surface area contributed by atoms with E-state index in [0.717, 1.165) is 0 Å². The van der Waals surface area contributed by atoms with E-state index in [-0.39, 0.29) is 12.1 Å². The molecule has 6 heteroatoms. The van der Waals surface area contributed by atoms with Gasteiger partial charge in [-0.05, 0) is 18.2 Å². The Labute approximate surface area is 122 Å². The molecule has 6 nitrogen and oxygen atoms in total. The van der Waals surface area contributed by atoms with Crippen molar-refractivity contribution in [3.8, 4) is 6.07 Å². The molecule has 0 atom stereocenters. The Kier molecular flexibility index (Phi) is 4.46. The number of nitrogens with zero attached hydrogens (tertiary/aromatic N) is 2. The second kappa shape index (κ2) is 6.48. The van der Waals surface area contributed by atoms with E-state index < -0.39 is 5.91 Å². The van der Waals surface area contributed by atoms with E-state index in [9.17, 15) is 4.79 Å². The van der Waals surface area contributed by atoms with Gasteiger partial charge in [-0.3, -0.25) is 4.79 Å². The molecule has 0 aliphatic rings. The summed E-state index contributed by atoms with van der Waals surface area (Å²) in [5, 5.41) is 11.7. The van der Waals surface area contributed by atoms with Gasteiger partial charge in [0.25, 0.3) is 5.91 Å². The van der Waals surface area contributed by atoms with Crippen LogP contribution in [0.1, 0.15) is 11.5 Å². The fourth-order valence-corrected chi connectivity index (χ4v) is 1.63. The number of hydrogen-bond acceptors (Lipinski definition) is 5. The lowest BCUT2D eigenvalue weighted by molar-refractivity contribution is -0.117. The molecular weight excluding hydrogens is 270 g/mol. The molecule has 0 spiro atoms. The number of furan rings is 2. The van der Waals surface area contributed by atoms with Gasteiger partial charge in [-0.15, -0.1) is 0 Å². The van der Waals surface area contributed by atoms with Crippen molar-refractivity contribution in [2.24, 2.45) is 0 Å². The highest BCUT2D eigenvalue weighted by atomic mass is 16.4. The van der Waals surface area contributed by atoms with E-state index in [1.807, 2.05) is 20.2 Å². The Hall–Kier alpha value is -2.94. The molecule has 1 N–H and O–H groups in total. The zero-order valence-electron chi connectivity index (χ0n) is 11.8. The van der Waals surface area contributed by atoms with Crippen molar-refractivity contribution in [2.45, 2.75) is 6.54 Å². The average molecular weight is 285 g/mol. The van der Waals surface area contributed by atoms with Crippen LogP contribution in [0.25, 0.3) is 6.08 Å². The van der Waals surface area contributed by atoms with Gasteiger partial charge in [0.1, 0.15) is 23.2 Å². The molecule has 2 rings (SSSR count). The number of hydrogen-bond donors (Lipinski definition) is 1. The highest BCUT2D eigenvalue weighted by molar-refractivity contribution is 6.01. The van der Waals surface area contributed by atoms with Crippen molar-refractivity contribution >= 4 is 17.9 Å². The summed E-state index contributed by atoms with van der Waals surface area (Å²) in [5.74, 6) is 1.24. The van der Waals surface area contributed by atoms with Crippen LogP contribution in [0.4, 0.5) is 5.88 Å². The first-order chi connectivity index (χ1) is 10.1. The Balaban J connectivity index is 2.05. The normalized spacial score (nSPS) is 11.0. The molecule has 0 aliphatic heterocycles. The van der Waals surface area contributed by atoms with Gasteiger partial charge in [0, 0.05) is 26.2 Å². The van der Waals surface area contributed by atoms with E-state index in [0.29, 0.717) is 17.4 Å². The maximum atomic E-state index is 11.9. The van der Waals surface area contributed by atoms with E-state index in [1.165, 1.54) is 12.3 Å². The first-order valence-corrected chi connectivity index (χ1v) is 6.29. The highest BCUT2D eigenvalue weighted by Gasteiger charge is 2.11. The quantitative estimate of drug-likeness (QED) is 0.672. The molecule has 0 fully saturated rings. The van der Waals surface area contributed by atoms with E-state index in [4.69, 9.17) is 14.1 Å². The predicted octanol–water partition coefficient (Wildman–Crippen LogP) is 2.16. The van der Waals surface area contributed by atoms with Crippen LogP contribution in [0, 0.1) is 11.3 Å². The minimum atomic E-state index is -0.475. The predicted molar refractivity (Wildman–Crippen MR) is 77.2 cm³/mol. The van der Waals surface area contributed by atoms with Gasteiger partial charge in [0.05, 0.1) is 12.8 Å². The SMILES string of the molecule is CN(C)c1ccc(C=C(C#N)C(=O)NCc2ccco2)o1. The summed E-state index contributed by atoms with van der Waals surface area (Å²) >= 11 is 0. The first-order valence-electron chi connectivity index (χ1n) is 6.29. The monoisotopic (exact) mass is 285 g/mol. The second-order valence-electron chi connectivity index (χ2n) is 4.50. The third-order valence-electron chi connectivity index (χ3n) is 2.71. The van der Waals surface area contributed by atoms with Gasteiger partial charge < -0.3 is 19.1 Å². The molecule has 2 aromatic heterocycles. The van der Waals surface area contributed by atoms with Crippen LogP contribution in [-0.4, -0.2) is 20.0 Å². The van der Waals surface area contributed by atoms with Crippen LogP contribution < -0.4 is 10.2 Å². The summed E-state index contributed by atoms with van der Waals surface area (Å²) in [4.78, 5) is 13.7. The van der Waals surface area contributed by atoms with Crippen LogP contribution in [-0.2, 0) is 11.3 Å². The molecule has 0 unspecified atom stereocenters. The zero-order chi connectivity index (χ0) is 15.2. The van der Waals surface area contributed by atoms with Crippen molar-refractivity contribution in [1.82, 2.24) is 5.32 Å². The molecule has 2 heterocycles. The maximum Gasteiger partial charge on any atom is 0.262 e. The summed E-state index contributed by atoms with van der Waals surface area (Å²) in [6.45, 7) is 0.228. The van der Waals surface area contributed by atoms with Crippen LogP contribution in [0.5, 0.6) is 0 Å². The van der Waals surface area contributed by atoms with Crippen molar-refractivity contribution in [3.63, 3.8) is 0 Å². The number of anilines is 1. The van der Waals surface area contributed by atoms with Crippen LogP contribution in [0.3, 0.4) is 0 Å². The zero-order valence-corrected chi connectivity index (χ0v) is 11.8. The van der Waals surface area contributed by atoms with Gasteiger partial charge in [-0.2, -0.15) is 5.26 Å². The van der Waals surface area contributed by atoms with Crippen LogP contribution in [0.15, 0.2) is 44.9 Å². The second-order valence-corrected chi connectivity index (χ2v) is 4.50. The summed E-state index contributed by atoms with van der Waals surface area (Å²) in [5.41, 5.74) is -0.0267. The topological polar surface area (TPSA) is 82.4 Å². The van der Waals surface area contributed by atoms with Crippen LogP contribution >= 0.6 is 0 Å². The molecule has 0 bridgehead atoms. The lowest BCUT2D eigenvalue weighted by atomic mass is 10.2. The molecule has 2 aromatic rings.